The molecule has 0 unspecified atom stereocenters. The maximum Gasteiger partial charge on any atom is 0.222 e. The summed E-state index contributed by atoms with van der Waals surface area (Å²) in [4.78, 5) is 11.4. The van der Waals surface area contributed by atoms with E-state index in [9.17, 15) is 4.79 Å². The zero-order chi connectivity index (χ0) is 17.0. The molecule has 0 saturated heterocycles. The molecule has 23 heavy (non-hydrogen) atoms. The molecular weight excluding hydrogens is 292 g/mol. The number of nitrogens with zero attached hydrogens (tertiary/aromatic N) is 4. The van der Waals surface area contributed by atoms with Crippen molar-refractivity contribution in [3.63, 3.8) is 0 Å². The molecular formula is C16H24N6O. The molecule has 0 radical (unpaired) electrons. The average Bonchev–Trinajstić information content (AvgIpc) is 2.79. The second-order valence-corrected chi connectivity index (χ2v) is 5.86. The third-order valence-electron chi connectivity index (χ3n) is 3.78. The Kier molecular flexibility index (Phi) is 5.31. The maximum atomic E-state index is 11.4. The van der Waals surface area contributed by atoms with E-state index in [1.165, 1.54) is 0 Å². The zero-order valence-electron chi connectivity index (χ0n) is 14.3. The van der Waals surface area contributed by atoms with E-state index < -0.39 is 0 Å². The first-order valence-corrected chi connectivity index (χ1v) is 7.78. The Labute approximate surface area is 136 Å². The number of hydrogen-bond donors (Lipinski definition) is 2. The van der Waals surface area contributed by atoms with E-state index >= 15 is 0 Å². The van der Waals surface area contributed by atoms with E-state index in [-0.39, 0.29) is 11.8 Å². The topological polar surface area (TPSA) is 84.7 Å². The van der Waals surface area contributed by atoms with Gasteiger partial charge in [-0.15, -0.1) is 10.2 Å². The lowest BCUT2D eigenvalue weighted by Crippen LogP contribution is -2.32. The van der Waals surface area contributed by atoms with E-state index in [0.29, 0.717) is 24.7 Å². The van der Waals surface area contributed by atoms with Gasteiger partial charge in [0.15, 0.2) is 5.82 Å². The Morgan fingerprint density at radius 2 is 1.91 bits per heavy atom. The highest BCUT2D eigenvalue weighted by Gasteiger charge is 2.10. The quantitative estimate of drug-likeness (QED) is 0.793. The third kappa shape index (κ3) is 4.06. The summed E-state index contributed by atoms with van der Waals surface area (Å²) in [5.74, 6) is 1.41. The molecule has 7 heteroatoms. The van der Waals surface area contributed by atoms with Crippen LogP contribution in [0.2, 0.25) is 0 Å². The molecule has 0 aromatic carbocycles. The zero-order valence-corrected chi connectivity index (χ0v) is 14.3. The first-order valence-electron chi connectivity index (χ1n) is 7.78. The van der Waals surface area contributed by atoms with Crippen molar-refractivity contribution in [1.29, 1.82) is 0 Å². The average molecular weight is 316 g/mol. The van der Waals surface area contributed by atoms with Crippen LogP contribution in [-0.2, 0) is 4.79 Å². The molecule has 2 aromatic heterocycles. The van der Waals surface area contributed by atoms with Gasteiger partial charge in [0.2, 0.25) is 5.91 Å². The molecule has 0 aliphatic rings. The van der Waals surface area contributed by atoms with Crippen LogP contribution in [0.3, 0.4) is 0 Å². The van der Waals surface area contributed by atoms with Crippen LogP contribution in [0.5, 0.6) is 0 Å². The van der Waals surface area contributed by atoms with Crippen LogP contribution in [0, 0.1) is 26.7 Å². The summed E-state index contributed by atoms with van der Waals surface area (Å²) < 4.78 is 1.80. The molecule has 0 atom stereocenters. The van der Waals surface area contributed by atoms with E-state index in [2.05, 4.69) is 25.9 Å². The van der Waals surface area contributed by atoms with Crippen molar-refractivity contribution in [3.05, 3.63) is 29.1 Å². The van der Waals surface area contributed by atoms with Crippen LogP contribution in [-0.4, -0.2) is 39.0 Å². The Balaban J connectivity index is 1.92. The number of aromatic nitrogens is 4. The van der Waals surface area contributed by atoms with E-state index in [0.717, 1.165) is 17.0 Å². The van der Waals surface area contributed by atoms with Crippen molar-refractivity contribution >= 4 is 11.7 Å². The van der Waals surface area contributed by atoms with Crippen molar-refractivity contribution in [3.8, 4) is 5.82 Å². The van der Waals surface area contributed by atoms with Crippen molar-refractivity contribution in [2.24, 2.45) is 5.92 Å². The lowest BCUT2D eigenvalue weighted by Gasteiger charge is -2.09. The number of nitrogens with one attached hydrogen (secondary N) is 2. The molecule has 2 N–H and O–H groups in total. The molecule has 0 saturated carbocycles. The minimum atomic E-state index is -0.00158. The van der Waals surface area contributed by atoms with Crippen LogP contribution < -0.4 is 10.6 Å². The Hall–Kier alpha value is -2.44. The van der Waals surface area contributed by atoms with Gasteiger partial charge in [-0.1, -0.05) is 13.8 Å². The molecule has 2 heterocycles. The Morgan fingerprint density at radius 1 is 1.17 bits per heavy atom. The van der Waals surface area contributed by atoms with Crippen LogP contribution in [0.1, 0.15) is 30.8 Å². The van der Waals surface area contributed by atoms with Crippen LogP contribution >= 0.6 is 0 Å². The van der Waals surface area contributed by atoms with Crippen molar-refractivity contribution in [1.82, 2.24) is 25.3 Å². The molecule has 0 aliphatic carbocycles. The fraction of sp³-hybridized carbons (Fsp3) is 0.500. The van der Waals surface area contributed by atoms with Gasteiger partial charge in [-0.25, -0.2) is 4.68 Å². The molecule has 1 amide bonds. The van der Waals surface area contributed by atoms with Crippen molar-refractivity contribution < 1.29 is 4.79 Å². The number of hydrogen-bond acceptors (Lipinski definition) is 5. The monoisotopic (exact) mass is 316 g/mol. The predicted octanol–water partition coefficient (Wildman–Crippen LogP) is 1.77. The summed E-state index contributed by atoms with van der Waals surface area (Å²) in [5.41, 5.74) is 3.22. The molecule has 0 fully saturated rings. The number of aryl methyl sites for hydroxylation is 1. The SMILES string of the molecule is Cc1nn(-c2ccc(NCCNC(=O)C(C)C)nn2)c(C)c1C. The fourth-order valence-electron chi connectivity index (χ4n) is 2.06. The Bertz CT molecular complexity index is 675. The van der Waals surface area contributed by atoms with Gasteiger partial charge in [0, 0.05) is 24.7 Å². The molecule has 0 spiro atoms. The number of anilines is 1. The molecule has 0 aliphatic heterocycles. The highest BCUT2D eigenvalue weighted by atomic mass is 16.1. The molecule has 7 nitrogen and oxygen atoms in total. The normalized spacial score (nSPS) is 10.9. The van der Waals surface area contributed by atoms with Gasteiger partial charge in [-0.05, 0) is 38.5 Å². The van der Waals surface area contributed by atoms with E-state index in [1.807, 2.05) is 46.8 Å². The standard InChI is InChI=1S/C16H24N6O/c1-10(2)16(23)18-9-8-17-14-6-7-15(20-19-14)22-13(5)11(3)12(4)21-22/h6-7,10H,8-9H2,1-5H3,(H,17,19)(H,18,23). The van der Waals surface area contributed by atoms with E-state index in [1.54, 1.807) is 4.68 Å². The summed E-state index contributed by atoms with van der Waals surface area (Å²) in [6, 6.07) is 3.74. The van der Waals surface area contributed by atoms with Gasteiger partial charge in [0.25, 0.3) is 0 Å². The number of carbonyl (C=O) groups is 1. The van der Waals surface area contributed by atoms with Gasteiger partial charge < -0.3 is 10.6 Å². The summed E-state index contributed by atoms with van der Waals surface area (Å²) in [6.07, 6.45) is 0. The fourth-order valence-corrected chi connectivity index (χ4v) is 2.06. The first kappa shape index (κ1) is 16.9. The van der Waals surface area contributed by atoms with Crippen molar-refractivity contribution in [2.45, 2.75) is 34.6 Å². The minimum Gasteiger partial charge on any atom is -0.367 e. The highest BCUT2D eigenvalue weighted by Crippen LogP contribution is 2.15. The minimum absolute atomic E-state index is 0.00158. The summed E-state index contributed by atoms with van der Waals surface area (Å²) >= 11 is 0. The van der Waals surface area contributed by atoms with Gasteiger partial charge >= 0.3 is 0 Å². The smallest absolute Gasteiger partial charge is 0.222 e. The summed E-state index contributed by atoms with van der Waals surface area (Å²) in [6.45, 7) is 10.9. The predicted molar refractivity (Wildman–Crippen MR) is 89.7 cm³/mol. The van der Waals surface area contributed by atoms with Crippen LogP contribution in [0.25, 0.3) is 5.82 Å². The molecule has 2 rings (SSSR count). The second-order valence-electron chi connectivity index (χ2n) is 5.86. The second kappa shape index (κ2) is 7.21. The van der Waals surface area contributed by atoms with Gasteiger partial charge in [-0.3, -0.25) is 4.79 Å². The largest absolute Gasteiger partial charge is 0.367 e. The molecule has 124 valence electrons. The lowest BCUT2D eigenvalue weighted by atomic mass is 10.2. The number of rotatable bonds is 6. The molecule has 0 bridgehead atoms. The first-order chi connectivity index (χ1) is 10.9. The lowest BCUT2D eigenvalue weighted by molar-refractivity contribution is -0.123. The van der Waals surface area contributed by atoms with Gasteiger partial charge in [-0.2, -0.15) is 5.10 Å². The molecule has 2 aromatic rings. The van der Waals surface area contributed by atoms with Gasteiger partial charge in [0.05, 0.1) is 5.69 Å². The van der Waals surface area contributed by atoms with Crippen molar-refractivity contribution in [2.75, 3.05) is 18.4 Å². The van der Waals surface area contributed by atoms with E-state index in [4.69, 9.17) is 0 Å². The van der Waals surface area contributed by atoms with Crippen LogP contribution in [0.4, 0.5) is 5.82 Å². The van der Waals surface area contributed by atoms with Gasteiger partial charge in [0.1, 0.15) is 5.82 Å². The third-order valence-corrected chi connectivity index (χ3v) is 3.78. The maximum absolute atomic E-state index is 11.4. The summed E-state index contributed by atoms with van der Waals surface area (Å²) in [5, 5.41) is 18.8. The van der Waals surface area contributed by atoms with Crippen LogP contribution in [0.15, 0.2) is 12.1 Å². The summed E-state index contributed by atoms with van der Waals surface area (Å²) in [7, 11) is 0. The number of carbonyl (C=O) groups excluding carboxylic acids is 1. The highest BCUT2D eigenvalue weighted by molar-refractivity contribution is 5.77. The number of amides is 1. The Morgan fingerprint density at radius 3 is 2.43 bits per heavy atom.